The first-order chi connectivity index (χ1) is 7.22. The van der Waals surface area contributed by atoms with Gasteiger partial charge in [-0.05, 0) is 19.8 Å². The highest BCUT2D eigenvalue weighted by Crippen LogP contribution is 2.19. The van der Waals surface area contributed by atoms with Gasteiger partial charge in [-0.3, -0.25) is 0 Å². The Bertz CT molecular complexity index is 307. The fraction of sp³-hybridized carbons (Fsp3) is 0.636. The highest BCUT2D eigenvalue weighted by Gasteiger charge is 2.09. The molecule has 1 aromatic heterocycles. The second kappa shape index (κ2) is 5.53. The van der Waals surface area contributed by atoms with Crippen LogP contribution in [0.2, 0.25) is 0 Å². The van der Waals surface area contributed by atoms with Gasteiger partial charge >= 0.3 is 0 Å². The molecule has 2 N–H and O–H groups in total. The van der Waals surface area contributed by atoms with Crippen molar-refractivity contribution in [2.45, 2.75) is 39.7 Å². The number of nitrogens with one attached hydrogen (secondary N) is 2. The fourth-order valence-corrected chi connectivity index (χ4v) is 1.53. The van der Waals surface area contributed by atoms with Crippen LogP contribution in [-0.4, -0.2) is 23.1 Å². The molecule has 0 saturated heterocycles. The zero-order valence-electron chi connectivity index (χ0n) is 9.96. The average Bonchev–Trinajstić information content (AvgIpc) is 2.28. The van der Waals surface area contributed by atoms with Crippen LogP contribution in [0.25, 0.3) is 0 Å². The monoisotopic (exact) mass is 208 g/mol. The van der Waals surface area contributed by atoms with E-state index in [9.17, 15) is 0 Å². The molecule has 0 spiro atoms. The molecule has 0 radical (unpaired) electrons. The SMILES string of the molecule is CCC(CC)Nc1ncnc(NC)c1C. The molecule has 0 aliphatic rings. The summed E-state index contributed by atoms with van der Waals surface area (Å²) in [6, 6.07) is 0.489. The minimum atomic E-state index is 0.489. The Morgan fingerprint density at radius 1 is 1.20 bits per heavy atom. The van der Waals surface area contributed by atoms with Gasteiger partial charge in [-0.25, -0.2) is 9.97 Å². The van der Waals surface area contributed by atoms with Gasteiger partial charge in [-0.1, -0.05) is 13.8 Å². The van der Waals surface area contributed by atoms with E-state index >= 15 is 0 Å². The number of nitrogens with zero attached hydrogens (tertiary/aromatic N) is 2. The summed E-state index contributed by atoms with van der Waals surface area (Å²) in [4.78, 5) is 8.41. The average molecular weight is 208 g/mol. The predicted octanol–water partition coefficient (Wildman–Crippen LogP) is 2.43. The standard InChI is InChI=1S/C11H20N4/c1-5-9(6-2)15-11-8(3)10(12-4)13-7-14-11/h7,9H,5-6H2,1-4H3,(H2,12,13,14,15). The molecular formula is C11H20N4. The normalized spacial score (nSPS) is 10.5. The van der Waals surface area contributed by atoms with E-state index in [2.05, 4.69) is 34.4 Å². The highest BCUT2D eigenvalue weighted by molar-refractivity contribution is 5.56. The molecule has 0 unspecified atom stereocenters. The van der Waals surface area contributed by atoms with Gasteiger partial charge < -0.3 is 10.6 Å². The largest absolute Gasteiger partial charge is 0.373 e. The summed E-state index contributed by atoms with van der Waals surface area (Å²) in [6.45, 7) is 6.38. The van der Waals surface area contributed by atoms with E-state index in [4.69, 9.17) is 0 Å². The quantitative estimate of drug-likeness (QED) is 0.780. The summed E-state index contributed by atoms with van der Waals surface area (Å²) in [5.41, 5.74) is 1.08. The Balaban J connectivity index is 2.85. The van der Waals surface area contributed by atoms with Crippen molar-refractivity contribution in [3.8, 4) is 0 Å². The van der Waals surface area contributed by atoms with E-state index in [1.807, 2.05) is 14.0 Å². The lowest BCUT2D eigenvalue weighted by Crippen LogP contribution is -2.19. The van der Waals surface area contributed by atoms with E-state index in [-0.39, 0.29) is 0 Å². The second-order valence-corrected chi connectivity index (χ2v) is 3.60. The van der Waals surface area contributed by atoms with Crippen LogP contribution in [0.15, 0.2) is 6.33 Å². The number of hydrogen-bond acceptors (Lipinski definition) is 4. The van der Waals surface area contributed by atoms with E-state index in [0.29, 0.717) is 6.04 Å². The molecule has 15 heavy (non-hydrogen) atoms. The van der Waals surface area contributed by atoms with Crippen LogP contribution in [0.1, 0.15) is 32.3 Å². The van der Waals surface area contributed by atoms with Crippen molar-refractivity contribution >= 4 is 11.6 Å². The van der Waals surface area contributed by atoms with Crippen molar-refractivity contribution in [1.29, 1.82) is 0 Å². The third-order valence-electron chi connectivity index (χ3n) is 2.65. The lowest BCUT2D eigenvalue weighted by Gasteiger charge is -2.17. The molecule has 0 bridgehead atoms. The van der Waals surface area contributed by atoms with Gasteiger partial charge in [-0.2, -0.15) is 0 Å². The minimum absolute atomic E-state index is 0.489. The zero-order valence-corrected chi connectivity index (χ0v) is 9.96. The molecular weight excluding hydrogens is 188 g/mol. The predicted molar refractivity (Wildman–Crippen MR) is 64.3 cm³/mol. The van der Waals surface area contributed by atoms with Gasteiger partial charge in [0.2, 0.25) is 0 Å². The molecule has 4 nitrogen and oxygen atoms in total. The fourth-order valence-electron chi connectivity index (χ4n) is 1.53. The molecule has 0 amide bonds. The first kappa shape index (κ1) is 11.8. The van der Waals surface area contributed by atoms with Crippen LogP contribution in [0.3, 0.4) is 0 Å². The first-order valence-corrected chi connectivity index (χ1v) is 5.48. The maximum absolute atomic E-state index is 4.26. The molecule has 0 aromatic carbocycles. The zero-order chi connectivity index (χ0) is 11.3. The van der Waals surface area contributed by atoms with Gasteiger partial charge in [0.05, 0.1) is 0 Å². The molecule has 0 aliphatic carbocycles. The maximum atomic E-state index is 4.26. The summed E-state index contributed by atoms with van der Waals surface area (Å²) >= 11 is 0. The summed E-state index contributed by atoms with van der Waals surface area (Å²) in [5, 5.41) is 6.48. The van der Waals surface area contributed by atoms with Crippen LogP contribution in [0.5, 0.6) is 0 Å². The number of anilines is 2. The van der Waals surface area contributed by atoms with Crippen molar-refractivity contribution in [2.75, 3.05) is 17.7 Å². The Morgan fingerprint density at radius 2 is 1.80 bits per heavy atom. The van der Waals surface area contributed by atoms with Crippen molar-refractivity contribution in [3.05, 3.63) is 11.9 Å². The topological polar surface area (TPSA) is 49.8 Å². The number of rotatable bonds is 5. The molecule has 0 atom stereocenters. The molecule has 0 saturated carbocycles. The first-order valence-electron chi connectivity index (χ1n) is 5.48. The van der Waals surface area contributed by atoms with Crippen LogP contribution >= 0.6 is 0 Å². The van der Waals surface area contributed by atoms with Crippen molar-refractivity contribution in [2.24, 2.45) is 0 Å². The van der Waals surface area contributed by atoms with Gasteiger partial charge in [0.1, 0.15) is 18.0 Å². The Hall–Kier alpha value is -1.32. The van der Waals surface area contributed by atoms with Crippen LogP contribution < -0.4 is 10.6 Å². The Kier molecular flexibility index (Phi) is 4.34. The Morgan fingerprint density at radius 3 is 2.33 bits per heavy atom. The molecule has 1 aromatic rings. The number of hydrogen-bond donors (Lipinski definition) is 2. The van der Waals surface area contributed by atoms with Gasteiger partial charge in [-0.15, -0.1) is 0 Å². The maximum Gasteiger partial charge on any atom is 0.134 e. The lowest BCUT2D eigenvalue weighted by atomic mass is 10.1. The molecule has 1 heterocycles. The molecule has 0 fully saturated rings. The smallest absolute Gasteiger partial charge is 0.134 e. The van der Waals surface area contributed by atoms with Crippen molar-refractivity contribution < 1.29 is 0 Å². The summed E-state index contributed by atoms with van der Waals surface area (Å²) in [5.74, 6) is 1.82. The van der Waals surface area contributed by atoms with Crippen LogP contribution in [0, 0.1) is 6.92 Å². The van der Waals surface area contributed by atoms with Gasteiger partial charge in [0.25, 0.3) is 0 Å². The molecule has 84 valence electrons. The van der Waals surface area contributed by atoms with Crippen molar-refractivity contribution in [1.82, 2.24) is 9.97 Å². The molecule has 1 rings (SSSR count). The minimum Gasteiger partial charge on any atom is -0.373 e. The van der Waals surface area contributed by atoms with Crippen molar-refractivity contribution in [3.63, 3.8) is 0 Å². The summed E-state index contributed by atoms with van der Waals surface area (Å²) < 4.78 is 0. The third-order valence-corrected chi connectivity index (χ3v) is 2.65. The second-order valence-electron chi connectivity index (χ2n) is 3.60. The van der Waals surface area contributed by atoms with E-state index < -0.39 is 0 Å². The molecule has 4 heteroatoms. The van der Waals surface area contributed by atoms with E-state index in [1.165, 1.54) is 0 Å². The van der Waals surface area contributed by atoms with E-state index in [1.54, 1.807) is 6.33 Å². The number of aromatic nitrogens is 2. The summed E-state index contributed by atoms with van der Waals surface area (Å²) in [6.07, 6.45) is 3.80. The lowest BCUT2D eigenvalue weighted by molar-refractivity contribution is 0.667. The summed E-state index contributed by atoms with van der Waals surface area (Å²) in [7, 11) is 1.87. The third kappa shape index (κ3) is 2.81. The Labute approximate surface area is 91.5 Å². The van der Waals surface area contributed by atoms with Crippen LogP contribution in [-0.2, 0) is 0 Å². The van der Waals surface area contributed by atoms with E-state index in [0.717, 1.165) is 30.0 Å². The van der Waals surface area contributed by atoms with Gasteiger partial charge in [0, 0.05) is 18.7 Å². The highest BCUT2D eigenvalue weighted by atomic mass is 15.1. The van der Waals surface area contributed by atoms with Crippen LogP contribution in [0.4, 0.5) is 11.6 Å². The van der Waals surface area contributed by atoms with Gasteiger partial charge in [0.15, 0.2) is 0 Å². The molecule has 0 aliphatic heterocycles.